The Labute approximate surface area is 201 Å². The number of benzene rings is 1. The van der Waals surface area contributed by atoms with Crippen molar-refractivity contribution in [3.8, 4) is 0 Å². The lowest BCUT2D eigenvalue weighted by molar-refractivity contribution is -0.139. The van der Waals surface area contributed by atoms with Crippen molar-refractivity contribution < 1.29 is 9.90 Å². The van der Waals surface area contributed by atoms with E-state index in [1.54, 1.807) is 0 Å². The molecule has 0 radical (unpaired) electrons. The lowest BCUT2D eigenvalue weighted by Gasteiger charge is -2.45. The van der Waals surface area contributed by atoms with Crippen molar-refractivity contribution in [1.82, 2.24) is 20.2 Å². The molecule has 1 aliphatic rings. The van der Waals surface area contributed by atoms with Crippen LogP contribution in [-0.4, -0.2) is 52.1 Å². The van der Waals surface area contributed by atoms with Crippen LogP contribution < -0.4 is 5.32 Å². The molecule has 2 aromatic heterocycles. The van der Waals surface area contributed by atoms with Crippen LogP contribution in [0.4, 0.5) is 0 Å². The molecule has 1 atom stereocenters. The number of carboxylic acids is 1. The van der Waals surface area contributed by atoms with Crippen LogP contribution in [0.5, 0.6) is 0 Å². The van der Waals surface area contributed by atoms with Gasteiger partial charge in [-0.1, -0.05) is 24.3 Å². The Morgan fingerprint density at radius 3 is 2.50 bits per heavy atom. The van der Waals surface area contributed by atoms with Gasteiger partial charge in [0.05, 0.1) is 11.2 Å². The molecule has 3 N–H and O–H groups in total. The number of fused-ring (bicyclic) bond motifs is 1. The first-order valence-corrected chi connectivity index (χ1v) is 10.6. The summed E-state index contributed by atoms with van der Waals surface area (Å²) in [6.45, 7) is 0. The lowest BCUT2D eigenvalue weighted by atomic mass is 9.76. The highest BCUT2D eigenvalue weighted by Crippen LogP contribution is 2.40. The van der Waals surface area contributed by atoms with E-state index in [9.17, 15) is 9.90 Å². The van der Waals surface area contributed by atoms with E-state index in [4.69, 9.17) is 0 Å². The quantitative estimate of drug-likeness (QED) is 0.468. The third-order valence-electron chi connectivity index (χ3n) is 6.64. The van der Waals surface area contributed by atoms with Crippen LogP contribution in [-0.2, 0) is 16.8 Å². The molecule has 1 aliphatic carbocycles. The Kier molecular flexibility index (Phi) is 9.10. The number of pyridine rings is 1. The number of nitrogens with zero attached hydrogens (tertiary/aromatic N) is 2. The maximum Gasteiger partial charge on any atom is 0.321 e. The molecule has 6 nitrogen and oxygen atoms in total. The minimum atomic E-state index is -0.797. The monoisotopic (exact) mass is 478 g/mol. The number of rotatable bonds is 7. The minimum Gasteiger partial charge on any atom is -0.480 e. The van der Waals surface area contributed by atoms with Gasteiger partial charge in [0.1, 0.15) is 6.04 Å². The number of aromatic nitrogens is 2. The maximum absolute atomic E-state index is 12.0. The minimum absolute atomic E-state index is 0. The Hall–Kier alpha value is -2.12. The topological polar surface area (TPSA) is 81.2 Å². The summed E-state index contributed by atoms with van der Waals surface area (Å²) in [7, 11) is 4.22. The molecular formula is C24H32Cl2N4O2. The van der Waals surface area contributed by atoms with Crippen LogP contribution >= 0.6 is 24.8 Å². The SMILES string of the molecule is CN(C)C1(c2ccccn2)CCC(N[C@@H](Cc2c[nH]c3ccccc23)C(=O)O)CC1.Cl.Cl. The van der Waals surface area contributed by atoms with Gasteiger partial charge in [0.25, 0.3) is 0 Å². The summed E-state index contributed by atoms with van der Waals surface area (Å²) in [6, 6.07) is 13.7. The number of hydrogen-bond acceptors (Lipinski definition) is 4. The van der Waals surface area contributed by atoms with Gasteiger partial charge in [0.2, 0.25) is 0 Å². The van der Waals surface area contributed by atoms with Crippen LogP contribution in [0.2, 0.25) is 0 Å². The van der Waals surface area contributed by atoms with Crippen LogP contribution in [0.1, 0.15) is 36.9 Å². The second kappa shape index (κ2) is 11.1. The zero-order chi connectivity index (χ0) is 21.1. The fraction of sp³-hybridized carbons (Fsp3) is 0.417. The summed E-state index contributed by atoms with van der Waals surface area (Å²) < 4.78 is 0. The van der Waals surface area contributed by atoms with E-state index in [2.05, 4.69) is 40.3 Å². The van der Waals surface area contributed by atoms with Crippen LogP contribution in [0.15, 0.2) is 54.9 Å². The molecule has 8 heteroatoms. The molecule has 3 aromatic rings. The fourth-order valence-corrected chi connectivity index (χ4v) is 4.85. The van der Waals surface area contributed by atoms with Gasteiger partial charge in [-0.15, -0.1) is 24.8 Å². The summed E-state index contributed by atoms with van der Waals surface area (Å²) in [5.74, 6) is -0.797. The summed E-state index contributed by atoms with van der Waals surface area (Å²) in [4.78, 5) is 22.1. The first-order valence-electron chi connectivity index (χ1n) is 10.6. The van der Waals surface area contributed by atoms with Crippen molar-refractivity contribution in [2.75, 3.05) is 14.1 Å². The Morgan fingerprint density at radius 2 is 1.88 bits per heavy atom. The van der Waals surface area contributed by atoms with Gasteiger partial charge in [-0.3, -0.25) is 14.7 Å². The fourth-order valence-electron chi connectivity index (χ4n) is 4.85. The van der Waals surface area contributed by atoms with Crippen molar-refractivity contribution in [1.29, 1.82) is 0 Å². The molecule has 0 saturated heterocycles. The van der Waals surface area contributed by atoms with Crippen molar-refractivity contribution in [2.45, 2.75) is 49.7 Å². The van der Waals surface area contributed by atoms with Crippen molar-refractivity contribution in [3.05, 3.63) is 66.1 Å². The van der Waals surface area contributed by atoms with E-state index in [1.165, 1.54) is 0 Å². The number of hydrogen-bond donors (Lipinski definition) is 3. The van der Waals surface area contributed by atoms with Gasteiger partial charge in [-0.2, -0.15) is 0 Å². The average molecular weight is 479 g/mol. The number of H-pyrrole nitrogens is 1. The second-order valence-electron chi connectivity index (χ2n) is 8.54. The Balaban J connectivity index is 0.00000181. The molecule has 1 saturated carbocycles. The van der Waals surface area contributed by atoms with Gasteiger partial charge in [-0.05, 0) is 63.5 Å². The average Bonchev–Trinajstić information content (AvgIpc) is 3.17. The highest BCUT2D eigenvalue weighted by atomic mass is 35.5. The largest absolute Gasteiger partial charge is 0.480 e. The third-order valence-corrected chi connectivity index (χ3v) is 6.64. The zero-order valence-electron chi connectivity index (χ0n) is 18.5. The highest BCUT2D eigenvalue weighted by molar-refractivity contribution is 5.86. The molecule has 1 aromatic carbocycles. The molecule has 0 aliphatic heterocycles. The normalized spacial score (nSPS) is 21.5. The molecule has 0 spiro atoms. The first kappa shape index (κ1) is 26.1. The van der Waals surface area contributed by atoms with Crippen molar-refractivity contribution >= 4 is 41.7 Å². The van der Waals surface area contributed by atoms with Gasteiger partial charge in [-0.25, -0.2) is 0 Å². The van der Waals surface area contributed by atoms with E-state index >= 15 is 0 Å². The van der Waals surface area contributed by atoms with E-state index < -0.39 is 12.0 Å². The number of halogens is 2. The summed E-state index contributed by atoms with van der Waals surface area (Å²) in [6.07, 6.45) is 8.00. The molecular weight excluding hydrogens is 447 g/mol. The molecule has 0 unspecified atom stereocenters. The van der Waals surface area contributed by atoms with Crippen LogP contribution in [0, 0.1) is 0 Å². The van der Waals surface area contributed by atoms with Crippen LogP contribution in [0.3, 0.4) is 0 Å². The summed E-state index contributed by atoms with van der Waals surface area (Å²) in [5.41, 5.74) is 3.09. The number of nitrogens with one attached hydrogen (secondary N) is 2. The van der Waals surface area contributed by atoms with Crippen LogP contribution in [0.25, 0.3) is 10.9 Å². The number of carbonyl (C=O) groups is 1. The summed E-state index contributed by atoms with van der Waals surface area (Å²) in [5, 5.41) is 14.4. The second-order valence-corrected chi connectivity index (χ2v) is 8.54. The third kappa shape index (κ3) is 5.26. The molecule has 174 valence electrons. The molecule has 0 amide bonds. The molecule has 1 fully saturated rings. The maximum atomic E-state index is 12.0. The Bertz CT molecular complexity index is 1000. The molecule has 32 heavy (non-hydrogen) atoms. The number of para-hydroxylation sites is 1. The first-order chi connectivity index (χ1) is 14.5. The van der Waals surface area contributed by atoms with Gasteiger partial charge >= 0.3 is 5.97 Å². The predicted octanol–water partition coefficient (Wildman–Crippen LogP) is 4.39. The Morgan fingerprint density at radius 1 is 1.19 bits per heavy atom. The van der Waals surface area contributed by atoms with Gasteiger partial charge < -0.3 is 15.4 Å². The van der Waals surface area contributed by atoms with Gasteiger partial charge in [0.15, 0.2) is 0 Å². The van der Waals surface area contributed by atoms with E-state index in [0.29, 0.717) is 6.42 Å². The number of carboxylic acid groups (broad SMARTS) is 1. The molecule has 4 rings (SSSR count). The van der Waals surface area contributed by atoms with Gasteiger partial charge in [0, 0.05) is 35.8 Å². The number of aromatic amines is 1. The zero-order valence-corrected chi connectivity index (χ0v) is 20.1. The smallest absolute Gasteiger partial charge is 0.321 e. The van der Waals surface area contributed by atoms with Crippen molar-refractivity contribution in [2.24, 2.45) is 0 Å². The molecule has 2 heterocycles. The van der Waals surface area contributed by atoms with E-state index in [-0.39, 0.29) is 36.4 Å². The number of aliphatic carboxylic acids is 1. The standard InChI is InChI=1S/C24H30N4O2.2ClH/c1-28(2)24(22-9-5-6-14-25-22)12-10-18(11-13-24)27-21(23(29)30)15-17-16-26-20-8-4-3-7-19(17)20;;/h3-9,14,16,18,21,26-27H,10-13,15H2,1-2H3,(H,29,30);2*1H/t18?,21-,24?;;/m0../s1. The molecule has 0 bridgehead atoms. The summed E-state index contributed by atoms with van der Waals surface area (Å²) >= 11 is 0. The van der Waals surface area contributed by atoms with E-state index in [1.807, 2.05) is 48.8 Å². The lowest BCUT2D eigenvalue weighted by Crippen LogP contribution is -2.51. The van der Waals surface area contributed by atoms with Crippen molar-refractivity contribution in [3.63, 3.8) is 0 Å². The predicted molar refractivity (Wildman–Crippen MR) is 133 cm³/mol. The van der Waals surface area contributed by atoms with E-state index in [0.717, 1.165) is 47.8 Å². The highest BCUT2D eigenvalue weighted by Gasteiger charge is 2.40.